The zero-order chi connectivity index (χ0) is 17.1. The molecular weight excluding hydrogens is 354 g/mol. The Morgan fingerprint density at radius 3 is 2.17 bits per heavy atom. The number of fused-ring (bicyclic) bond motifs is 1. The van der Waals surface area contributed by atoms with Crippen molar-refractivity contribution in [2.24, 2.45) is 5.92 Å². The van der Waals surface area contributed by atoms with E-state index in [4.69, 9.17) is 0 Å². The van der Waals surface area contributed by atoms with Crippen LogP contribution in [0.2, 0.25) is 0 Å². The maximum Gasteiger partial charge on any atom is 0.282 e. The van der Waals surface area contributed by atoms with Crippen molar-refractivity contribution in [3.8, 4) is 0 Å². The Kier molecular flexibility index (Phi) is 3.94. The summed E-state index contributed by atoms with van der Waals surface area (Å²) in [4.78, 5) is 14.1. The Morgan fingerprint density at radius 2 is 1.54 bits per heavy atom. The summed E-state index contributed by atoms with van der Waals surface area (Å²) < 4.78 is 53.0. The van der Waals surface area contributed by atoms with Crippen LogP contribution in [-0.2, 0) is 24.8 Å². The van der Waals surface area contributed by atoms with E-state index in [1.165, 1.54) is 8.61 Å². The van der Waals surface area contributed by atoms with E-state index in [1.807, 2.05) is 0 Å². The SMILES string of the molecule is O=C(C1CC1)N1CCN(S(=O)(=O)N2CCCC2)[C@H]2CS(=O)(=O)C[C@H]21. The lowest BCUT2D eigenvalue weighted by Gasteiger charge is -2.44. The second-order valence-corrected chi connectivity index (χ2v) is 11.3. The van der Waals surface area contributed by atoms with Gasteiger partial charge < -0.3 is 4.90 Å². The van der Waals surface area contributed by atoms with E-state index in [2.05, 4.69) is 0 Å². The molecule has 0 N–H and O–H groups in total. The second kappa shape index (κ2) is 5.65. The van der Waals surface area contributed by atoms with E-state index in [-0.39, 0.29) is 29.9 Å². The molecule has 4 aliphatic rings. The van der Waals surface area contributed by atoms with Gasteiger partial charge in [0.15, 0.2) is 9.84 Å². The molecule has 0 unspecified atom stereocenters. The molecule has 1 saturated carbocycles. The van der Waals surface area contributed by atoms with Gasteiger partial charge in [-0.2, -0.15) is 17.0 Å². The van der Waals surface area contributed by atoms with E-state index >= 15 is 0 Å². The van der Waals surface area contributed by atoms with Crippen molar-refractivity contribution >= 4 is 26.0 Å². The summed E-state index contributed by atoms with van der Waals surface area (Å²) in [5.41, 5.74) is 0. The highest BCUT2D eigenvalue weighted by Gasteiger charge is 2.53. The van der Waals surface area contributed by atoms with Crippen molar-refractivity contribution in [3.05, 3.63) is 0 Å². The number of sulfone groups is 1. The van der Waals surface area contributed by atoms with Crippen LogP contribution in [0.4, 0.5) is 0 Å². The predicted octanol–water partition coefficient (Wildman–Crippen LogP) is -0.953. The van der Waals surface area contributed by atoms with Gasteiger partial charge in [0, 0.05) is 32.1 Å². The molecule has 0 radical (unpaired) electrons. The molecule has 1 aliphatic carbocycles. The summed E-state index contributed by atoms with van der Waals surface area (Å²) >= 11 is 0. The summed E-state index contributed by atoms with van der Waals surface area (Å²) in [6.45, 7) is 1.47. The normalized spacial score (nSPS) is 34.4. The van der Waals surface area contributed by atoms with Crippen molar-refractivity contribution in [1.82, 2.24) is 13.5 Å². The lowest BCUT2D eigenvalue weighted by atomic mass is 10.1. The third kappa shape index (κ3) is 2.77. The molecule has 0 spiro atoms. The molecule has 136 valence electrons. The number of piperazine rings is 1. The van der Waals surface area contributed by atoms with Gasteiger partial charge >= 0.3 is 0 Å². The Hall–Kier alpha value is -0.710. The van der Waals surface area contributed by atoms with E-state index in [1.54, 1.807) is 4.90 Å². The van der Waals surface area contributed by atoms with Crippen molar-refractivity contribution in [2.45, 2.75) is 37.8 Å². The van der Waals surface area contributed by atoms with Gasteiger partial charge in [0.05, 0.1) is 23.6 Å². The van der Waals surface area contributed by atoms with E-state index < -0.39 is 32.1 Å². The summed E-state index contributed by atoms with van der Waals surface area (Å²) in [5.74, 6) is -0.294. The molecule has 0 aromatic heterocycles. The second-order valence-electron chi connectivity index (χ2n) is 7.24. The fourth-order valence-electron chi connectivity index (χ4n) is 4.11. The molecule has 4 rings (SSSR count). The van der Waals surface area contributed by atoms with Crippen LogP contribution < -0.4 is 0 Å². The molecule has 4 fully saturated rings. The number of amides is 1. The van der Waals surface area contributed by atoms with Gasteiger partial charge in [-0.1, -0.05) is 0 Å². The first-order valence-electron chi connectivity index (χ1n) is 8.57. The standard InChI is InChI=1S/C14H23N3O5S2/c18-14(11-3-4-11)16-7-8-17(13-10-23(19,20)9-12(13)16)24(21,22)15-5-1-2-6-15/h11-13H,1-10H2/t12-,13+/m1/s1. The maximum absolute atomic E-state index is 12.9. The molecule has 3 saturated heterocycles. The van der Waals surface area contributed by atoms with Crippen LogP contribution in [0, 0.1) is 5.92 Å². The molecular formula is C14H23N3O5S2. The smallest absolute Gasteiger partial charge is 0.282 e. The monoisotopic (exact) mass is 377 g/mol. The van der Waals surface area contributed by atoms with Gasteiger partial charge in [0.25, 0.3) is 10.2 Å². The summed E-state index contributed by atoms with van der Waals surface area (Å²) in [6, 6.07) is -1.17. The zero-order valence-electron chi connectivity index (χ0n) is 13.5. The number of carbonyl (C=O) groups excluding carboxylic acids is 1. The van der Waals surface area contributed by atoms with Gasteiger partial charge in [-0.05, 0) is 25.7 Å². The molecule has 8 nitrogen and oxygen atoms in total. The minimum Gasteiger partial charge on any atom is -0.335 e. The molecule has 24 heavy (non-hydrogen) atoms. The highest BCUT2D eigenvalue weighted by atomic mass is 32.2. The van der Waals surface area contributed by atoms with Crippen LogP contribution in [0.1, 0.15) is 25.7 Å². The number of rotatable bonds is 3. The molecule has 0 bridgehead atoms. The van der Waals surface area contributed by atoms with Crippen LogP contribution >= 0.6 is 0 Å². The molecule has 3 heterocycles. The lowest BCUT2D eigenvalue weighted by Crippen LogP contribution is -2.63. The van der Waals surface area contributed by atoms with Crippen molar-refractivity contribution in [2.75, 3.05) is 37.7 Å². The Balaban J connectivity index is 1.63. The number of nitrogens with zero attached hydrogens (tertiary/aromatic N) is 3. The summed E-state index contributed by atoms with van der Waals surface area (Å²) in [6.07, 6.45) is 3.39. The largest absolute Gasteiger partial charge is 0.335 e. The first-order chi connectivity index (χ1) is 11.3. The van der Waals surface area contributed by atoms with Gasteiger partial charge in [-0.3, -0.25) is 4.79 Å². The van der Waals surface area contributed by atoms with Crippen LogP contribution in [0.5, 0.6) is 0 Å². The molecule has 0 aromatic rings. The topological polar surface area (TPSA) is 95.1 Å². The predicted molar refractivity (Wildman–Crippen MR) is 87.1 cm³/mol. The van der Waals surface area contributed by atoms with Crippen molar-refractivity contribution in [3.63, 3.8) is 0 Å². The molecule has 0 aromatic carbocycles. The molecule has 2 atom stereocenters. The van der Waals surface area contributed by atoms with E-state index in [0.29, 0.717) is 19.6 Å². The zero-order valence-corrected chi connectivity index (χ0v) is 15.1. The first-order valence-corrected chi connectivity index (χ1v) is 11.8. The molecule has 1 amide bonds. The van der Waals surface area contributed by atoms with Crippen LogP contribution in [-0.4, -0.2) is 86.0 Å². The van der Waals surface area contributed by atoms with Crippen LogP contribution in [0.25, 0.3) is 0 Å². The third-order valence-corrected chi connectivity index (χ3v) is 9.28. The van der Waals surface area contributed by atoms with Gasteiger partial charge in [-0.15, -0.1) is 0 Å². The summed E-state index contributed by atoms with van der Waals surface area (Å²) in [5, 5.41) is 0. The fourth-order valence-corrected chi connectivity index (χ4v) is 8.07. The number of hydrogen-bond donors (Lipinski definition) is 0. The maximum atomic E-state index is 12.9. The Labute approximate surface area is 142 Å². The van der Waals surface area contributed by atoms with E-state index in [0.717, 1.165) is 25.7 Å². The van der Waals surface area contributed by atoms with Gasteiger partial charge in [0.1, 0.15) is 0 Å². The van der Waals surface area contributed by atoms with Crippen molar-refractivity contribution in [1.29, 1.82) is 0 Å². The van der Waals surface area contributed by atoms with Crippen molar-refractivity contribution < 1.29 is 21.6 Å². The number of hydrogen-bond acceptors (Lipinski definition) is 5. The van der Waals surface area contributed by atoms with Crippen LogP contribution in [0.3, 0.4) is 0 Å². The fraction of sp³-hybridized carbons (Fsp3) is 0.929. The van der Waals surface area contributed by atoms with E-state index in [9.17, 15) is 21.6 Å². The third-order valence-electron chi connectivity index (χ3n) is 5.52. The average Bonchev–Trinajstić information content (AvgIpc) is 3.08. The Bertz CT molecular complexity index is 740. The molecule has 10 heteroatoms. The van der Waals surface area contributed by atoms with Gasteiger partial charge in [-0.25, -0.2) is 8.42 Å². The van der Waals surface area contributed by atoms with Crippen LogP contribution in [0.15, 0.2) is 0 Å². The lowest BCUT2D eigenvalue weighted by molar-refractivity contribution is -0.137. The van der Waals surface area contributed by atoms with Gasteiger partial charge in [0.2, 0.25) is 5.91 Å². The Morgan fingerprint density at radius 1 is 0.917 bits per heavy atom. The first kappa shape index (κ1) is 16.7. The highest BCUT2D eigenvalue weighted by molar-refractivity contribution is 7.92. The summed E-state index contributed by atoms with van der Waals surface area (Å²) in [7, 11) is -6.99. The molecule has 3 aliphatic heterocycles. The number of carbonyl (C=O) groups is 1. The minimum absolute atomic E-state index is 0.000297. The highest BCUT2D eigenvalue weighted by Crippen LogP contribution is 2.36. The average molecular weight is 377 g/mol. The quantitative estimate of drug-likeness (QED) is 0.632. The minimum atomic E-state index is -3.66.